The topological polar surface area (TPSA) is 108 Å². The Morgan fingerprint density at radius 2 is 2.04 bits per heavy atom. The molecule has 0 unspecified atom stereocenters. The smallest absolute Gasteiger partial charge is 0.296 e. The Hall–Kier alpha value is -3.39. The largest absolute Gasteiger partial charge is 0.496 e. The minimum absolute atomic E-state index is 0.0245. The van der Waals surface area contributed by atoms with Gasteiger partial charge in [0.05, 0.1) is 23.1 Å². The molecule has 2 aromatic carbocycles. The average molecular weight is 388 g/mol. The molecule has 8 nitrogen and oxygen atoms in total. The number of carbonyl (C=O) groups excluding carboxylic acids is 1. The summed E-state index contributed by atoms with van der Waals surface area (Å²) in [6.07, 6.45) is 0. The zero-order valence-electron chi connectivity index (χ0n) is 14.4. The van der Waals surface area contributed by atoms with Crippen molar-refractivity contribution in [1.29, 1.82) is 0 Å². The van der Waals surface area contributed by atoms with Gasteiger partial charge in [-0.3, -0.25) is 14.9 Å². The van der Waals surface area contributed by atoms with E-state index in [0.717, 1.165) is 0 Å². The summed E-state index contributed by atoms with van der Waals surface area (Å²) < 4.78 is 10.1. The Morgan fingerprint density at radius 1 is 1.30 bits per heavy atom. The fourth-order valence-corrected chi connectivity index (χ4v) is 2.78. The number of anilines is 1. The van der Waals surface area contributed by atoms with Gasteiger partial charge in [-0.05, 0) is 25.1 Å². The van der Waals surface area contributed by atoms with E-state index in [-0.39, 0.29) is 28.4 Å². The van der Waals surface area contributed by atoms with Crippen LogP contribution in [-0.2, 0) is 0 Å². The lowest BCUT2D eigenvalue weighted by Crippen LogP contribution is -2.14. The summed E-state index contributed by atoms with van der Waals surface area (Å²) in [4.78, 5) is 23.5. The number of carbonyl (C=O) groups is 1. The average Bonchev–Trinajstić information content (AvgIpc) is 3.03. The van der Waals surface area contributed by atoms with Crippen LogP contribution in [0.1, 0.15) is 16.1 Å². The van der Waals surface area contributed by atoms with Gasteiger partial charge in [0.2, 0.25) is 0 Å². The van der Waals surface area contributed by atoms with Gasteiger partial charge in [0.25, 0.3) is 11.6 Å². The summed E-state index contributed by atoms with van der Waals surface area (Å²) in [6, 6.07) is 11.0. The molecule has 27 heavy (non-hydrogen) atoms. The van der Waals surface area contributed by atoms with Crippen LogP contribution >= 0.6 is 11.6 Å². The van der Waals surface area contributed by atoms with Crippen molar-refractivity contribution in [2.75, 3.05) is 12.4 Å². The van der Waals surface area contributed by atoms with Crippen molar-refractivity contribution in [3.05, 3.63) is 68.9 Å². The summed E-state index contributed by atoms with van der Waals surface area (Å²) >= 11 is 6.19. The lowest BCUT2D eigenvalue weighted by Gasteiger charge is -2.08. The normalized spacial score (nSPS) is 10.5. The highest BCUT2D eigenvalue weighted by atomic mass is 35.5. The number of aryl methyl sites for hydroxylation is 1. The van der Waals surface area contributed by atoms with Crippen molar-refractivity contribution in [3.8, 4) is 17.0 Å². The maximum atomic E-state index is 12.8. The van der Waals surface area contributed by atoms with Gasteiger partial charge in [-0.25, -0.2) is 0 Å². The zero-order chi connectivity index (χ0) is 19.6. The first-order chi connectivity index (χ1) is 12.9. The standard InChI is InChI=1S/C18H14ClN3O5/c1-10-16(17(21-27-10)12-5-3-4-6-13(12)19)18(23)20-14-8-7-11(26-2)9-15(14)22(24)25/h3-9H,1-2H3,(H,20,23). The fourth-order valence-electron chi connectivity index (χ4n) is 2.56. The Bertz CT molecular complexity index is 1030. The number of nitrogens with one attached hydrogen (secondary N) is 1. The summed E-state index contributed by atoms with van der Waals surface area (Å²) in [6.45, 7) is 1.57. The van der Waals surface area contributed by atoms with Gasteiger partial charge in [0.1, 0.15) is 28.5 Å². The molecular weight excluding hydrogens is 374 g/mol. The molecule has 1 N–H and O–H groups in total. The SMILES string of the molecule is COc1ccc(NC(=O)c2c(-c3ccccc3Cl)noc2C)c([N+](=O)[O-])c1. The van der Waals surface area contributed by atoms with E-state index < -0.39 is 10.8 Å². The number of aromatic nitrogens is 1. The van der Waals surface area contributed by atoms with Crippen molar-refractivity contribution in [3.63, 3.8) is 0 Å². The quantitative estimate of drug-likeness (QED) is 0.511. The van der Waals surface area contributed by atoms with Crippen LogP contribution in [0, 0.1) is 17.0 Å². The van der Waals surface area contributed by atoms with Crippen LogP contribution in [0.2, 0.25) is 5.02 Å². The van der Waals surface area contributed by atoms with E-state index in [2.05, 4.69) is 10.5 Å². The van der Waals surface area contributed by atoms with E-state index in [9.17, 15) is 14.9 Å². The molecule has 0 aliphatic carbocycles. The molecule has 0 radical (unpaired) electrons. The maximum Gasteiger partial charge on any atom is 0.296 e. The van der Waals surface area contributed by atoms with Crippen LogP contribution in [0.4, 0.5) is 11.4 Å². The second-order valence-electron chi connectivity index (χ2n) is 5.54. The lowest BCUT2D eigenvalue weighted by atomic mass is 10.1. The molecule has 0 saturated carbocycles. The lowest BCUT2D eigenvalue weighted by molar-refractivity contribution is -0.384. The number of methoxy groups -OCH3 is 1. The molecule has 1 heterocycles. The summed E-state index contributed by atoms with van der Waals surface area (Å²) in [7, 11) is 1.40. The first-order valence-corrected chi connectivity index (χ1v) is 8.15. The Kier molecular flexibility index (Phi) is 5.09. The van der Waals surface area contributed by atoms with E-state index in [4.69, 9.17) is 20.9 Å². The number of halogens is 1. The monoisotopic (exact) mass is 387 g/mol. The van der Waals surface area contributed by atoms with Crippen molar-refractivity contribution >= 4 is 28.9 Å². The number of nitro groups is 1. The van der Waals surface area contributed by atoms with Crippen molar-refractivity contribution in [2.24, 2.45) is 0 Å². The van der Waals surface area contributed by atoms with Crippen molar-refractivity contribution < 1.29 is 19.0 Å². The number of rotatable bonds is 5. The second kappa shape index (κ2) is 7.46. The van der Waals surface area contributed by atoms with Gasteiger partial charge in [0.15, 0.2) is 0 Å². The molecule has 1 amide bonds. The predicted octanol–water partition coefficient (Wildman–Crippen LogP) is 4.47. The molecule has 138 valence electrons. The molecule has 0 atom stereocenters. The van der Waals surface area contributed by atoms with E-state index >= 15 is 0 Å². The third-order valence-electron chi connectivity index (χ3n) is 3.87. The van der Waals surface area contributed by atoms with Crippen molar-refractivity contribution in [1.82, 2.24) is 5.16 Å². The van der Waals surface area contributed by atoms with E-state index in [1.54, 1.807) is 31.2 Å². The number of ether oxygens (including phenoxy) is 1. The number of nitro benzene ring substituents is 1. The Morgan fingerprint density at radius 3 is 2.70 bits per heavy atom. The Balaban J connectivity index is 2.01. The van der Waals surface area contributed by atoms with Crippen LogP contribution < -0.4 is 10.1 Å². The van der Waals surface area contributed by atoms with Crippen LogP contribution in [-0.4, -0.2) is 23.1 Å². The van der Waals surface area contributed by atoms with Crippen molar-refractivity contribution in [2.45, 2.75) is 6.92 Å². The van der Waals surface area contributed by atoms with Crippen LogP contribution in [0.25, 0.3) is 11.3 Å². The highest BCUT2D eigenvalue weighted by Crippen LogP contribution is 2.33. The third-order valence-corrected chi connectivity index (χ3v) is 4.20. The maximum absolute atomic E-state index is 12.8. The van der Waals surface area contributed by atoms with Gasteiger partial charge >= 0.3 is 0 Å². The highest BCUT2D eigenvalue weighted by Gasteiger charge is 2.25. The van der Waals surface area contributed by atoms with Gasteiger partial charge in [0, 0.05) is 5.56 Å². The second-order valence-corrected chi connectivity index (χ2v) is 5.94. The number of nitrogens with zero attached hydrogens (tertiary/aromatic N) is 2. The summed E-state index contributed by atoms with van der Waals surface area (Å²) in [5.41, 5.74) is 0.651. The molecule has 0 saturated heterocycles. The summed E-state index contributed by atoms with van der Waals surface area (Å²) in [5.74, 6) is -0.0341. The minimum atomic E-state index is -0.604. The Labute approximate surface area is 158 Å². The number of hydrogen-bond donors (Lipinski definition) is 1. The molecule has 1 aromatic heterocycles. The van der Waals surface area contributed by atoms with Gasteiger partial charge in [-0.2, -0.15) is 0 Å². The molecule has 3 rings (SSSR count). The molecule has 0 aliphatic rings. The molecule has 0 fully saturated rings. The third kappa shape index (κ3) is 3.61. The van der Waals surface area contributed by atoms with Gasteiger partial charge in [-0.15, -0.1) is 0 Å². The number of amides is 1. The molecule has 0 bridgehead atoms. The van der Waals surface area contributed by atoms with Crippen LogP contribution in [0.3, 0.4) is 0 Å². The summed E-state index contributed by atoms with van der Waals surface area (Å²) in [5, 5.41) is 18.2. The number of benzene rings is 2. The molecular formula is C18H14ClN3O5. The molecule has 0 spiro atoms. The first kappa shape index (κ1) is 18.4. The fraction of sp³-hybridized carbons (Fsp3) is 0.111. The minimum Gasteiger partial charge on any atom is -0.496 e. The van der Waals surface area contributed by atoms with Crippen LogP contribution in [0.15, 0.2) is 47.0 Å². The number of hydrogen-bond acceptors (Lipinski definition) is 6. The van der Waals surface area contributed by atoms with E-state index in [0.29, 0.717) is 16.3 Å². The van der Waals surface area contributed by atoms with E-state index in [1.165, 1.54) is 25.3 Å². The highest BCUT2D eigenvalue weighted by molar-refractivity contribution is 6.33. The van der Waals surface area contributed by atoms with Gasteiger partial charge in [-0.1, -0.05) is 35.0 Å². The first-order valence-electron chi connectivity index (χ1n) is 7.77. The predicted molar refractivity (Wildman–Crippen MR) is 99.3 cm³/mol. The molecule has 0 aliphatic heterocycles. The molecule has 9 heteroatoms. The van der Waals surface area contributed by atoms with E-state index in [1.807, 2.05) is 0 Å². The zero-order valence-corrected chi connectivity index (χ0v) is 15.1. The molecule has 3 aromatic rings. The van der Waals surface area contributed by atoms with Crippen LogP contribution in [0.5, 0.6) is 5.75 Å². The van der Waals surface area contributed by atoms with Gasteiger partial charge < -0.3 is 14.6 Å².